The molecule has 0 aromatic carbocycles. The molecule has 0 fully saturated rings. The van der Waals surface area contributed by atoms with E-state index in [0.29, 0.717) is 19.3 Å². The molecule has 0 aromatic rings. The second-order valence-electron chi connectivity index (χ2n) is 20.1. The highest BCUT2D eigenvalue weighted by Gasteiger charge is 2.19. The maximum atomic E-state index is 12.8. The van der Waals surface area contributed by atoms with E-state index in [2.05, 4.69) is 41.5 Å². The van der Waals surface area contributed by atoms with Crippen molar-refractivity contribution in [2.24, 2.45) is 17.8 Å². The van der Waals surface area contributed by atoms with Gasteiger partial charge >= 0.3 is 17.9 Å². The molecule has 61 heavy (non-hydrogen) atoms. The zero-order chi connectivity index (χ0) is 44.9. The van der Waals surface area contributed by atoms with Crippen LogP contribution >= 0.6 is 0 Å². The second-order valence-corrected chi connectivity index (χ2v) is 20.1. The van der Waals surface area contributed by atoms with Gasteiger partial charge in [0.05, 0.1) is 0 Å². The van der Waals surface area contributed by atoms with Crippen molar-refractivity contribution in [2.75, 3.05) is 13.2 Å². The summed E-state index contributed by atoms with van der Waals surface area (Å²) >= 11 is 0. The lowest BCUT2D eigenvalue weighted by Crippen LogP contribution is -2.30. The largest absolute Gasteiger partial charge is 0.462 e. The molecule has 0 saturated heterocycles. The van der Waals surface area contributed by atoms with Crippen LogP contribution in [0.3, 0.4) is 0 Å². The van der Waals surface area contributed by atoms with Gasteiger partial charge in [0, 0.05) is 19.3 Å². The van der Waals surface area contributed by atoms with Crippen molar-refractivity contribution >= 4 is 17.9 Å². The van der Waals surface area contributed by atoms with Gasteiger partial charge < -0.3 is 14.2 Å². The summed E-state index contributed by atoms with van der Waals surface area (Å²) in [6, 6.07) is 0. The maximum absolute atomic E-state index is 12.8. The molecule has 2 atom stereocenters. The van der Waals surface area contributed by atoms with E-state index in [1.54, 1.807) is 0 Å². The number of esters is 3. The van der Waals surface area contributed by atoms with Crippen LogP contribution in [0, 0.1) is 17.8 Å². The highest BCUT2D eigenvalue weighted by Crippen LogP contribution is 2.18. The van der Waals surface area contributed by atoms with Crippen LogP contribution in [0.25, 0.3) is 0 Å². The fourth-order valence-corrected chi connectivity index (χ4v) is 8.26. The number of hydrogen-bond donors (Lipinski definition) is 0. The van der Waals surface area contributed by atoms with Gasteiger partial charge in [-0.05, 0) is 37.0 Å². The maximum Gasteiger partial charge on any atom is 0.306 e. The molecule has 0 N–H and O–H groups in total. The van der Waals surface area contributed by atoms with Gasteiger partial charge in [0.15, 0.2) is 6.10 Å². The van der Waals surface area contributed by atoms with E-state index < -0.39 is 6.10 Å². The van der Waals surface area contributed by atoms with Crippen molar-refractivity contribution in [3.8, 4) is 0 Å². The summed E-state index contributed by atoms with van der Waals surface area (Å²) in [4.78, 5) is 38.0. The van der Waals surface area contributed by atoms with E-state index in [0.717, 1.165) is 75.5 Å². The van der Waals surface area contributed by atoms with Crippen molar-refractivity contribution in [1.29, 1.82) is 0 Å². The Kier molecular flexibility index (Phi) is 45.2. The third-order valence-corrected chi connectivity index (χ3v) is 12.8. The molecule has 0 radical (unpaired) electrons. The first kappa shape index (κ1) is 59.4. The Hall–Kier alpha value is -1.59. The highest BCUT2D eigenvalue weighted by atomic mass is 16.6. The van der Waals surface area contributed by atoms with Crippen LogP contribution in [0.15, 0.2) is 0 Å². The van der Waals surface area contributed by atoms with Crippen molar-refractivity contribution in [3.63, 3.8) is 0 Å². The minimum Gasteiger partial charge on any atom is -0.462 e. The van der Waals surface area contributed by atoms with E-state index in [9.17, 15) is 14.4 Å². The molecule has 6 nitrogen and oxygen atoms in total. The molecule has 6 heteroatoms. The summed E-state index contributed by atoms with van der Waals surface area (Å²) in [6.45, 7) is 13.7. The SMILES string of the molecule is CCC(C)CCCCCCCCC(=O)O[C@@H](COC(=O)CCCCCCCCCCCCCCCCCCC(C)C)COC(=O)CCCCCCCCCCCCCC(C)C. The molecule has 0 heterocycles. The zero-order valence-electron chi connectivity index (χ0n) is 42.0. The monoisotopic (exact) mass is 863 g/mol. The van der Waals surface area contributed by atoms with E-state index in [1.165, 1.54) is 180 Å². The zero-order valence-corrected chi connectivity index (χ0v) is 42.0. The standard InChI is InChI=1S/C55H106O6/c1-7-51(6)43-37-31-27-28-34-40-46-55(58)61-52(48-60-54(57)45-39-33-26-22-18-14-16-20-24-30-36-42-50(4)5)47-59-53(56)44-38-32-25-21-17-13-11-9-8-10-12-15-19-23-29-35-41-49(2)3/h49-52H,7-48H2,1-6H3/t51?,52-/m0/s1. The number of unbranched alkanes of at least 4 members (excludes halogenated alkanes) is 30. The third-order valence-electron chi connectivity index (χ3n) is 12.8. The molecular formula is C55H106O6. The lowest BCUT2D eigenvalue weighted by atomic mass is 10.00. The van der Waals surface area contributed by atoms with Gasteiger partial charge in [-0.3, -0.25) is 14.4 Å². The molecular weight excluding hydrogens is 757 g/mol. The number of carbonyl (C=O) groups is 3. The minimum atomic E-state index is -0.763. The Bertz CT molecular complexity index is 947. The lowest BCUT2D eigenvalue weighted by Gasteiger charge is -2.18. The fraction of sp³-hybridized carbons (Fsp3) is 0.945. The molecule has 0 aliphatic rings. The Morgan fingerprint density at radius 2 is 0.574 bits per heavy atom. The fourth-order valence-electron chi connectivity index (χ4n) is 8.26. The van der Waals surface area contributed by atoms with Gasteiger partial charge in [-0.25, -0.2) is 0 Å². The van der Waals surface area contributed by atoms with Crippen molar-refractivity contribution in [2.45, 2.75) is 304 Å². The van der Waals surface area contributed by atoms with E-state index in [-0.39, 0.29) is 31.1 Å². The van der Waals surface area contributed by atoms with Crippen LogP contribution in [-0.4, -0.2) is 37.2 Å². The number of hydrogen-bond acceptors (Lipinski definition) is 6. The van der Waals surface area contributed by atoms with Crippen LogP contribution in [0.1, 0.15) is 298 Å². The first-order valence-corrected chi connectivity index (χ1v) is 27.1. The van der Waals surface area contributed by atoms with Crippen LogP contribution < -0.4 is 0 Å². The normalized spacial score (nSPS) is 12.6. The Labute approximate surface area is 380 Å². The smallest absolute Gasteiger partial charge is 0.306 e. The average Bonchev–Trinajstić information content (AvgIpc) is 3.23. The van der Waals surface area contributed by atoms with Gasteiger partial charge in [0.1, 0.15) is 13.2 Å². The third kappa shape index (κ3) is 47.7. The summed E-state index contributed by atoms with van der Waals surface area (Å²) in [6.07, 6.45) is 46.7. The number of rotatable bonds is 48. The Balaban J connectivity index is 4.24. The van der Waals surface area contributed by atoms with Crippen LogP contribution in [-0.2, 0) is 28.6 Å². The van der Waals surface area contributed by atoms with Crippen molar-refractivity contribution < 1.29 is 28.6 Å². The number of ether oxygens (including phenoxy) is 3. The lowest BCUT2D eigenvalue weighted by molar-refractivity contribution is -0.167. The molecule has 0 bridgehead atoms. The van der Waals surface area contributed by atoms with E-state index in [1.807, 2.05) is 0 Å². The predicted octanol–water partition coefficient (Wildman–Crippen LogP) is 17.6. The summed E-state index contributed by atoms with van der Waals surface area (Å²) in [7, 11) is 0. The van der Waals surface area contributed by atoms with E-state index in [4.69, 9.17) is 14.2 Å². The topological polar surface area (TPSA) is 78.9 Å². The second kappa shape index (κ2) is 46.4. The summed E-state index contributed by atoms with van der Waals surface area (Å²) in [5, 5.41) is 0. The summed E-state index contributed by atoms with van der Waals surface area (Å²) in [5.74, 6) is 1.64. The first-order chi connectivity index (χ1) is 29.6. The molecule has 0 spiro atoms. The average molecular weight is 863 g/mol. The molecule has 0 aromatic heterocycles. The minimum absolute atomic E-state index is 0.0651. The van der Waals surface area contributed by atoms with Crippen molar-refractivity contribution in [3.05, 3.63) is 0 Å². The molecule has 0 aliphatic carbocycles. The first-order valence-electron chi connectivity index (χ1n) is 27.1. The van der Waals surface area contributed by atoms with Gasteiger partial charge in [0.2, 0.25) is 0 Å². The van der Waals surface area contributed by atoms with Gasteiger partial charge in [0.25, 0.3) is 0 Å². The Morgan fingerprint density at radius 1 is 0.328 bits per heavy atom. The molecule has 0 saturated carbocycles. The quantitative estimate of drug-likeness (QED) is 0.0344. The van der Waals surface area contributed by atoms with Gasteiger partial charge in [-0.1, -0.05) is 260 Å². The molecule has 0 aliphatic heterocycles. The summed E-state index contributed by atoms with van der Waals surface area (Å²) < 4.78 is 16.8. The molecule has 1 unspecified atom stereocenters. The van der Waals surface area contributed by atoms with E-state index >= 15 is 0 Å². The number of carbonyl (C=O) groups excluding carboxylic acids is 3. The molecule has 0 amide bonds. The summed E-state index contributed by atoms with van der Waals surface area (Å²) in [5.41, 5.74) is 0. The Morgan fingerprint density at radius 3 is 0.852 bits per heavy atom. The highest BCUT2D eigenvalue weighted by molar-refractivity contribution is 5.71. The van der Waals surface area contributed by atoms with Gasteiger partial charge in [-0.2, -0.15) is 0 Å². The van der Waals surface area contributed by atoms with Gasteiger partial charge in [-0.15, -0.1) is 0 Å². The predicted molar refractivity (Wildman–Crippen MR) is 261 cm³/mol. The van der Waals surface area contributed by atoms with Crippen LogP contribution in [0.5, 0.6) is 0 Å². The van der Waals surface area contributed by atoms with Crippen LogP contribution in [0.4, 0.5) is 0 Å². The van der Waals surface area contributed by atoms with Crippen molar-refractivity contribution in [1.82, 2.24) is 0 Å². The molecule has 362 valence electrons. The molecule has 0 rings (SSSR count). The van der Waals surface area contributed by atoms with Crippen LogP contribution in [0.2, 0.25) is 0 Å².